The number of hydrogen-bond donors (Lipinski definition) is 1. The first-order valence-electron chi connectivity index (χ1n) is 6.46. The second-order valence-corrected chi connectivity index (χ2v) is 7.45. The number of carbonyl (C=O) groups is 1. The molecule has 0 aliphatic heterocycles. The van der Waals surface area contributed by atoms with Gasteiger partial charge in [0.25, 0.3) is 5.91 Å². The van der Waals surface area contributed by atoms with Gasteiger partial charge in [0.15, 0.2) is 0 Å². The third-order valence-corrected chi connectivity index (χ3v) is 5.46. The van der Waals surface area contributed by atoms with Crippen molar-refractivity contribution in [1.29, 1.82) is 0 Å². The zero-order valence-electron chi connectivity index (χ0n) is 12.1. The van der Waals surface area contributed by atoms with Crippen LogP contribution >= 0.6 is 27.5 Å². The van der Waals surface area contributed by atoms with E-state index in [9.17, 15) is 13.2 Å². The fraction of sp³-hybridized carbons (Fsp3) is 0.462. The molecule has 1 aromatic rings. The smallest absolute Gasteiger partial charge is 0.255 e. The molecule has 5 nitrogen and oxygen atoms in total. The molecule has 1 aromatic carbocycles. The summed E-state index contributed by atoms with van der Waals surface area (Å²) >= 11 is 9.18. The van der Waals surface area contributed by atoms with Gasteiger partial charge in [-0.25, -0.2) is 13.6 Å². The molecule has 1 unspecified atom stereocenters. The van der Waals surface area contributed by atoms with Crippen LogP contribution in [0.2, 0.25) is 5.02 Å². The quantitative estimate of drug-likeness (QED) is 0.829. The van der Waals surface area contributed by atoms with Gasteiger partial charge in [0.05, 0.1) is 15.5 Å². The van der Waals surface area contributed by atoms with Crippen molar-refractivity contribution < 1.29 is 13.2 Å². The summed E-state index contributed by atoms with van der Waals surface area (Å²) in [5.41, 5.74) is 0.131. The third-order valence-electron chi connectivity index (χ3n) is 3.28. The summed E-state index contributed by atoms with van der Waals surface area (Å²) in [5.74, 6) is -0.311. The van der Waals surface area contributed by atoms with E-state index in [4.69, 9.17) is 16.7 Å². The van der Waals surface area contributed by atoms with E-state index in [-0.39, 0.29) is 31.9 Å². The van der Waals surface area contributed by atoms with Gasteiger partial charge in [-0.05, 0) is 48.3 Å². The number of hydrogen-bond acceptors (Lipinski definition) is 3. The summed E-state index contributed by atoms with van der Waals surface area (Å²) in [6, 6.07) is 2.62. The lowest BCUT2D eigenvalue weighted by Gasteiger charge is -2.27. The molecule has 0 aromatic heterocycles. The highest BCUT2D eigenvalue weighted by molar-refractivity contribution is 9.10. The van der Waals surface area contributed by atoms with Crippen molar-refractivity contribution >= 4 is 43.5 Å². The van der Waals surface area contributed by atoms with Crippen LogP contribution in [-0.4, -0.2) is 31.8 Å². The molecule has 0 aliphatic rings. The normalized spacial score (nSPS) is 13.0. The Morgan fingerprint density at radius 2 is 2.00 bits per heavy atom. The Bertz CT molecular complexity index is 649. The maximum atomic E-state index is 12.6. The van der Waals surface area contributed by atoms with Crippen LogP contribution in [0, 0.1) is 0 Å². The van der Waals surface area contributed by atoms with Gasteiger partial charge in [0, 0.05) is 17.1 Å². The molecule has 0 saturated heterocycles. The molecule has 0 spiro atoms. The lowest BCUT2D eigenvalue weighted by atomic mass is 10.1. The monoisotopic (exact) mass is 396 g/mol. The van der Waals surface area contributed by atoms with Gasteiger partial charge < -0.3 is 4.90 Å². The molecular weight excluding hydrogens is 380 g/mol. The van der Waals surface area contributed by atoms with E-state index in [2.05, 4.69) is 15.9 Å². The first-order chi connectivity index (χ1) is 9.63. The second-order valence-electron chi connectivity index (χ2n) is 4.66. The number of benzene rings is 1. The molecule has 0 heterocycles. The van der Waals surface area contributed by atoms with Crippen LogP contribution < -0.4 is 5.14 Å². The third kappa shape index (κ3) is 4.18. The highest BCUT2D eigenvalue weighted by atomic mass is 79.9. The molecule has 1 atom stereocenters. The van der Waals surface area contributed by atoms with Crippen LogP contribution in [0.4, 0.5) is 0 Å². The van der Waals surface area contributed by atoms with Gasteiger partial charge >= 0.3 is 0 Å². The lowest BCUT2D eigenvalue weighted by Crippen LogP contribution is -2.38. The summed E-state index contributed by atoms with van der Waals surface area (Å²) < 4.78 is 23.3. The average molecular weight is 398 g/mol. The number of nitrogens with zero attached hydrogens (tertiary/aromatic N) is 1. The summed E-state index contributed by atoms with van der Waals surface area (Å²) in [6.07, 6.45) is 0.787. The first-order valence-corrected chi connectivity index (χ1v) is 9.18. The highest BCUT2D eigenvalue weighted by Gasteiger charge is 2.24. The van der Waals surface area contributed by atoms with Crippen molar-refractivity contribution in [2.75, 3.05) is 6.54 Å². The second kappa shape index (κ2) is 7.09. The Morgan fingerprint density at radius 1 is 1.43 bits per heavy atom. The van der Waals surface area contributed by atoms with E-state index in [1.165, 1.54) is 12.1 Å². The van der Waals surface area contributed by atoms with Crippen LogP contribution in [0.1, 0.15) is 37.6 Å². The van der Waals surface area contributed by atoms with E-state index in [0.717, 1.165) is 6.42 Å². The van der Waals surface area contributed by atoms with Crippen LogP contribution in [0.15, 0.2) is 21.5 Å². The van der Waals surface area contributed by atoms with Gasteiger partial charge in [-0.15, -0.1) is 0 Å². The molecule has 0 saturated carbocycles. The fourth-order valence-electron chi connectivity index (χ4n) is 1.94. The Labute approximate surface area is 138 Å². The molecule has 8 heteroatoms. The Hall–Kier alpha value is -0.630. The molecule has 0 radical (unpaired) electrons. The van der Waals surface area contributed by atoms with Crippen molar-refractivity contribution in [3.8, 4) is 0 Å². The van der Waals surface area contributed by atoms with Gasteiger partial charge in [-0.3, -0.25) is 4.79 Å². The molecule has 0 aliphatic carbocycles. The molecule has 2 N–H and O–H groups in total. The minimum atomic E-state index is -3.94. The molecule has 118 valence electrons. The van der Waals surface area contributed by atoms with E-state index < -0.39 is 10.0 Å². The maximum absolute atomic E-state index is 12.6. The van der Waals surface area contributed by atoms with Crippen LogP contribution in [0.5, 0.6) is 0 Å². The van der Waals surface area contributed by atoms with Crippen molar-refractivity contribution in [3.05, 3.63) is 27.2 Å². The highest BCUT2D eigenvalue weighted by Crippen LogP contribution is 2.29. The largest absolute Gasteiger partial charge is 0.336 e. The fourth-order valence-corrected chi connectivity index (χ4v) is 3.95. The molecule has 21 heavy (non-hydrogen) atoms. The van der Waals surface area contributed by atoms with Gasteiger partial charge in [-0.1, -0.05) is 18.5 Å². The Morgan fingerprint density at radius 3 is 2.43 bits per heavy atom. The van der Waals surface area contributed by atoms with Gasteiger partial charge in [-0.2, -0.15) is 0 Å². The maximum Gasteiger partial charge on any atom is 0.255 e. The summed E-state index contributed by atoms with van der Waals surface area (Å²) in [4.78, 5) is 14.1. The van der Waals surface area contributed by atoms with E-state index in [0.29, 0.717) is 6.54 Å². The van der Waals surface area contributed by atoms with Crippen LogP contribution in [0.25, 0.3) is 0 Å². The molecular formula is C13H18BrClN2O3S. The van der Waals surface area contributed by atoms with Gasteiger partial charge in [0.2, 0.25) is 10.0 Å². The van der Waals surface area contributed by atoms with Crippen molar-refractivity contribution in [1.82, 2.24) is 4.90 Å². The summed E-state index contributed by atoms with van der Waals surface area (Å²) in [7, 11) is -3.94. The number of halogens is 2. The molecule has 1 amide bonds. The van der Waals surface area contributed by atoms with Gasteiger partial charge in [0.1, 0.15) is 0 Å². The van der Waals surface area contributed by atoms with Crippen molar-refractivity contribution in [2.45, 2.75) is 38.1 Å². The zero-order chi connectivity index (χ0) is 16.4. The lowest BCUT2D eigenvalue weighted by molar-refractivity contribution is 0.0700. The van der Waals surface area contributed by atoms with E-state index in [1.807, 2.05) is 20.8 Å². The van der Waals surface area contributed by atoms with Crippen molar-refractivity contribution in [2.24, 2.45) is 5.14 Å². The molecule has 0 bridgehead atoms. The minimum Gasteiger partial charge on any atom is -0.336 e. The van der Waals surface area contributed by atoms with E-state index in [1.54, 1.807) is 4.90 Å². The number of sulfonamides is 1. The predicted octanol–water partition coefficient (Wildman–Crippen LogP) is 3.01. The number of rotatable bonds is 5. The van der Waals surface area contributed by atoms with Crippen LogP contribution in [0.3, 0.4) is 0 Å². The number of carbonyl (C=O) groups excluding carboxylic acids is 1. The Balaban J connectivity index is 3.40. The standard InChI is InChI=1S/C13H18BrClN2O3S/c1-4-8(3)17(5-2)13(18)9-6-12(21(16,19)20)10(14)7-11(9)15/h6-8H,4-5H2,1-3H3,(H2,16,19,20). The summed E-state index contributed by atoms with van der Waals surface area (Å²) in [5, 5.41) is 5.33. The van der Waals surface area contributed by atoms with E-state index >= 15 is 0 Å². The summed E-state index contributed by atoms with van der Waals surface area (Å²) in [6.45, 7) is 6.26. The van der Waals surface area contributed by atoms with Crippen molar-refractivity contribution in [3.63, 3.8) is 0 Å². The number of amides is 1. The van der Waals surface area contributed by atoms with Crippen LogP contribution in [-0.2, 0) is 10.0 Å². The minimum absolute atomic E-state index is 0.0279. The predicted molar refractivity (Wildman–Crippen MR) is 87.0 cm³/mol. The Kier molecular flexibility index (Phi) is 6.22. The molecule has 0 fully saturated rings. The first kappa shape index (κ1) is 18.4. The molecule has 1 rings (SSSR count). The average Bonchev–Trinajstić information content (AvgIpc) is 2.37. The number of primary sulfonamides is 1. The number of nitrogens with two attached hydrogens (primary N) is 1. The zero-order valence-corrected chi connectivity index (χ0v) is 15.2. The SMILES string of the molecule is CCC(C)N(CC)C(=O)c1cc(S(N)(=O)=O)c(Br)cc1Cl. The topological polar surface area (TPSA) is 80.5 Å².